The van der Waals surface area contributed by atoms with E-state index in [1.165, 1.54) is 30.6 Å². The minimum atomic E-state index is 0.287. The van der Waals surface area contributed by atoms with Gasteiger partial charge in [0.15, 0.2) is 0 Å². The van der Waals surface area contributed by atoms with E-state index in [0.29, 0.717) is 13.0 Å². The summed E-state index contributed by atoms with van der Waals surface area (Å²) >= 11 is 1.76. The van der Waals surface area contributed by atoms with Crippen LogP contribution in [-0.2, 0) is 17.8 Å². The van der Waals surface area contributed by atoms with Gasteiger partial charge in [-0.15, -0.1) is 11.3 Å². The van der Waals surface area contributed by atoms with Gasteiger partial charge < -0.3 is 9.32 Å². The van der Waals surface area contributed by atoms with Crippen LogP contribution >= 0.6 is 11.3 Å². The number of hydrogen-bond donors (Lipinski definition) is 0. The lowest BCUT2D eigenvalue weighted by molar-refractivity contribution is -0.132. The summed E-state index contributed by atoms with van der Waals surface area (Å²) in [5.74, 6) is 1.06. The first kappa shape index (κ1) is 16.3. The van der Waals surface area contributed by atoms with E-state index in [1.807, 2.05) is 11.0 Å². The van der Waals surface area contributed by atoms with Gasteiger partial charge in [0.25, 0.3) is 0 Å². The summed E-state index contributed by atoms with van der Waals surface area (Å²) in [5, 5.41) is 2.09. The quantitative estimate of drug-likeness (QED) is 0.690. The Bertz CT molecular complexity index is 571. The highest BCUT2D eigenvalue weighted by atomic mass is 32.1. The molecule has 4 heteroatoms. The maximum absolute atomic E-state index is 12.7. The van der Waals surface area contributed by atoms with Crippen LogP contribution in [0.3, 0.4) is 0 Å². The number of thiophene rings is 1. The average molecular weight is 331 g/mol. The summed E-state index contributed by atoms with van der Waals surface area (Å²) in [4.78, 5) is 16.0. The Morgan fingerprint density at radius 2 is 2.17 bits per heavy atom. The molecule has 0 spiro atoms. The molecule has 1 fully saturated rings. The number of carbonyl (C=O) groups excluding carboxylic acids is 1. The molecule has 3 nitrogen and oxygen atoms in total. The van der Waals surface area contributed by atoms with Crippen LogP contribution in [0, 0.1) is 5.92 Å². The Balaban J connectivity index is 1.55. The molecule has 0 saturated heterocycles. The molecule has 0 radical (unpaired) electrons. The van der Waals surface area contributed by atoms with Crippen molar-refractivity contribution in [2.75, 3.05) is 6.54 Å². The van der Waals surface area contributed by atoms with E-state index in [4.69, 9.17) is 4.42 Å². The van der Waals surface area contributed by atoms with E-state index in [2.05, 4.69) is 17.5 Å². The van der Waals surface area contributed by atoms with Gasteiger partial charge in [0, 0.05) is 30.0 Å². The Kier molecular flexibility index (Phi) is 5.92. The minimum Gasteiger partial charge on any atom is -0.472 e. The Hall–Kier alpha value is -1.55. The average Bonchev–Trinajstić information content (AvgIpc) is 3.32. The Morgan fingerprint density at radius 3 is 2.87 bits per heavy atom. The highest BCUT2D eigenvalue weighted by Crippen LogP contribution is 2.28. The van der Waals surface area contributed by atoms with Crippen LogP contribution < -0.4 is 0 Å². The third-order valence-electron chi connectivity index (χ3n) is 4.76. The SMILES string of the molecule is O=C(CCC1CCCC1)N(CCc1cccs1)Cc1ccoc1. The largest absolute Gasteiger partial charge is 0.472 e. The summed E-state index contributed by atoms with van der Waals surface area (Å²) in [6.07, 6.45) is 11.4. The second kappa shape index (κ2) is 8.34. The monoisotopic (exact) mass is 331 g/mol. The molecule has 0 N–H and O–H groups in total. The zero-order valence-electron chi connectivity index (χ0n) is 13.6. The fraction of sp³-hybridized carbons (Fsp3) is 0.526. The molecule has 0 aromatic carbocycles. The van der Waals surface area contributed by atoms with Gasteiger partial charge in [-0.05, 0) is 36.3 Å². The molecule has 1 aliphatic rings. The molecule has 124 valence electrons. The number of nitrogens with zero attached hydrogens (tertiary/aromatic N) is 1. The van der Waals surface area contributed by atoms with Crippen LogP contribution in [0.25, 0.3) is 0 Å². The maximum Gasteiger partial charge on any atom is 0.222 e. The zero-order valence-corrected chi connectivity index (χ0v) is 14.4. The topological polar surface area (TPSA) is 33.5 Å². The van der Waals surface area contributed by atoms with E-state index in [9.17, 15) is 4.79 Å². The minimum absolute atomic E-state index is 0.287. The Labute approximate surface area is 142 Å². The molecule has 1 aliphatic carbocycles. The van der Waals surface area contributed by atoms with Crippen molar-refractivity contribution < 1.29 is 9.21 Å². The van der Waals surface area contributed by atoms with Crippen LogP contribution in [0.15, 0.2) is 40.5 Å². The van der Waals surface area contributed by atoms with E-state index in [0.717, 1.165) is 30.9 Å². The summed E-state index contributed by atoms with van der Waals surface area (Å²) in [6, 6.07) is 6.16. The van der Waals surface area contributed by atoms with Gasteiger partial charge in [-0.2, -0.15) is 0 Å². The van der Waals surface area contributed by atoms with Crippen molar-refractivity contribution in [1.82, 2.24) is 4.90 Å². The van der Waals surface area contributed by atoms with Crippen LogP contribution in [-0.4, -0.2) is 17.4 Å². The van der Waals surface area contributed by atoms with Crippen molar-refractivity contribution in [3.05, 3.63) is 46.5 Å². The Morgan fingerprint density at radius 1 is 1.30 bits per heavy atom. The first-order valence-electron chi connectivity index (χ1n) is 8.62. The van der Waals surface area contributed by atoms with E-state index in [-0.39, 0.29) is 5.91 Å². The second-order valence-electron chi connectivity index (χ2n) is 6.47. The number of amides is 1. The first-order chi connectivity index (χ1) is 11.3. The van der Waals surface area contributed by atoms with Crippen molar-refractivity contribution in [3.63, 3.8) is 0 Å². The fourth-order valence-corrected chi connectivity index (χ4v) is 4.08. The molecule has 1 saturated carbocycles. The van der Waals surface area contributed by atoms with Crippen LogP contribution in [0.5, 0.6) is 0 Å². The molecule has 2 aromatic rings. The van der Waals surface area contributed by atoms with E-state index in [1.54, 1.807) is 23.9 Å². The third kappa shape index (κ3) is 4.96. The lowest BCUT2D eigenvalue weighted by Gasteiger charge is -2.23. The molecule has 23 heavy (non-hydrogen) atoms. The number of rotatable bonds is 8. The molecule has 3 rings (SSSR count). The fourth-order valence-electron chi connectivity index (χ4n) is 3.38. The van der Waals surface area contributed by atoms with Gasteiger partial charge in [0.1, 0.15) is 0 Å². The molecule has 0 atom stereocenters. The van der Waals surface area contributed by atoms with E-state index < -0.39 is 0 Å². The zero-order chi connectivity index (χ0) is 15.9. The van der Waals surface area contributed by atoms with Gasteiger partial charge in [-0.1, -0.05) is 31.7 Å². The van der Waals surface area contributed by atoms with Gasteiger partial charge in [0.2, 0.25) is 5.91 Å². The number of hydrogen-bond acceptors (Lipinski definition) is 3. The molecule has 0 aliphatic heterocycles. The lowest BCUT2D eigenvalue weighted by Crippen LogP contribution is -2.32. The van der Waals surface area contributed by atoms with Crippen LogP contribution in [0.4, 0.5) is 0 Å². The summed E-state index contributed by atoms with van der Waals surface area (Å²) in [5.41, 5.74) is 1.07. The van der Waals surface area contributed by atoms with Crippen molar-refractivity contribution in [1.29, 1.82) is 0 Å². The highest BCUT2D eigenvalue weighted by molar-refractivity contribution is 7.09. The van der Waals surface area contributed by atoms with Gasteiger partial charge in [0.05, 0.1) is 12.5 Å². The molecule has 2 aromatic heterocycles. The summed E-state index contributed by atoms with van der Waals surface area (Å²) in [7, 11) is 0. The molecule has 0 bridgehead atoms. The molecule has 0 unspecified atom stereocenters. The van der Waals surface area contributed by atoms with Crippen molar-refractivity contribution >= 4 is 17.2 Å². The van der Waals surface area contributed by atoms with Gasteiger partial charge in [-0.25, -0.2) is 0 Å². The molecular weight excluding hydrogens is 306 g/mol. The first-order valence-corrected chi connectivity index (χ1v) is 9.50. The predicted octanol–water partition coefficient (Wildman–Crippen LogP) is 4.88. The summed E-state index contributed by atoms with van der Waals surface area (Å²) < 4.78 is 5.15. The number of carbonyl (C=O) groups is 1. The van der Waals surface area contributed by atoms with E-state index >= 15 is 0 Å². The van der Waals surface area contributed by atoms with Crippen molar-refractivity contribution in [3.8, 4) is 0 Å². The predicted molar refractivity (Wildman–Crippen MR) is 93.3 cm³/mol. The van der Waals surface area contributed by atoms with Gasteiger partial charge in [-0.3, -0.25) is 4.79 Å². The van der Waals surface area contributed by atoms with Crippen molar-refractivity contribution in [2.24, 2.45) is 5.92 Å². The van der Waals surface area contributed by atoms with Crippen molar-refractivity contribution in [2.45, 2.75) is 51.5 Å². The molecule has 1 amide bonds. The second-order valence-corrected chi connectivity index (χ2v) is 7.50. The standard InChI is InChI=1S/C19H25NO2S/c21-19(8-7-16-4-1-2-5-16)20(14-17-10-12-22-15-17)11-9-18-6-3-13-23-18/h3,6,10,12-13,15-16H,1-2,4-5,7-9,11,14H2. The smallest absolute Gasteiger partial charge is 0.222 e. The molecule has 2 heterocycles. The van der Waals surface area contributed by atoms with Gasteiger partial charge >= 0.3 is 0 Å². The van der Waals surface area contributed by atoms with Crippen LogP contribution in [0.1, 0.15) is 49.0 Å². The summed E-state index contributed by atoms with van der Waals surface area (Å²) in [6.45, 7) is 1.45. The third-order valence-corrected chi connectivity index (χ3v) is 5.69. The molecular formula is C19H25NO2S. The maximum atomic E-state index is 12.7. The lowest BCUT2D eigenvalue weighted by atomic mass is 10.0. The normalized spacial score (nSPS) is 15.1. The highest BCUT2D eigenvalue weighted by Gasteiger charge is 2.19. The number of furan rings is 1. The van der Waals surface area contributed by atoms with Crippen LogP contribution in [0.2, 0.25) is 0 Å².